The summed E-state index contributed by atoms with van der Waals surface area (Å²) in [5, 5.41) is 3.30. The molecule has 1 aromatic rings. The second-order valence-corrected chi connectivity index (χ2v) is 8.07. The number of benzene rings is 1. The second-order valence-electron chi connectivity index (χ2n) is 8.07. The van der Waals surface area contributed by atoms with Crippen molar-refractivity contribution in [1.82, 2.24) is 5.32 Å². The molecule has 0 aromatic heterocycles. The molecule has 1 aromatic carbocycles. The van der Waals surface area contributed by atoms with Crippen LogP contribution in [0.25, 0.3) is 0 Å². The molecule has 0 amide bonds. The zero-order valence-corrected chi connectivity index (χ0v) is 17.3. The zero-order chi connectivity index (χ0) is 20.6. The standard InChI is InChI=1S/C22H27NO5/c1-12-18(21(25)28-6)19(13-7-14(26-4)9-15(8-13)27-5)20-16(23-12)10-22(2,3)11-17(20)24/h7-9,19,23H,10-11H2,1-6H3/t19-/m1/s1. The highest BCUT2D eigenvalue weighted by Crippen LogP contribution is 2.47. The van der Waals surface area contributed by atoms with Crippen LogP contribution in [0.5, 0.6) is 11.5 Å². The third kappa shape index (κ3) is 3.51. The van der Waals surface area contributed by atoms with Crippen molar-refractivity contribution in [1.29, 1.82) is 0 Å². The van der Waals surface area contributed by atoms with Gasteiger partial charge in [-0.3, -0.25) is 4.79 Å². The molecule has 0 spiro atoms. The van der Waals surface area contributed by atoms with Gasteiger partial charge in [0.25, 0.3) is 0 Å². The number of ketones is 1. The fourth-order valence-electron chi connectivity index (χ4n) is 4.15. The topological polar surface area (TPSA) is 73.9 Å². The van der Waals surface area contributed by atoms with E-state index in [1.807, 2.05) is 19.1 Å². The Morgan fingerprint density at radius 3 is 2.21 bits per heavy atom. The minimum Gasteiger partial charge on any atom is -0.497 e. The van der Waals surface area contributed by atoms with Crippen LogP contribution < -0.4 is 14.8 Å². The Morgan fingerprint density at radius 2 is 1.68 bits per heavy atom. The Bertz CT molecular complexity index is 872. The van der Waals surface area contributed by atoms with Crippen LogP contribution >= 0.6 is 0 Å². The number of rotatable bonds is 4. The van der Waals surface area contributed by atoms with Gasteiger partial charge in [0.1, 0.15) is 11.5 Å². The summed E-state index contributed by atoms with van der Waals surface area (Å²) in [6, 6.07) is 5.44. The Hall–Kier alpha value is -2.76. The van der Waals surface area contributed by atoms with Gasteiger partial charge in [-0.2, -0.15) is 0 Å². The molecule has 0 saturated heterocycles. The summed E-state index contributed by atoms with van der Waals surface area (Å²) >= 11 is 0. The lowest BCUT2D eigenvalue weighted by atomic mass is 9.68. The maximum absolute atomic E-state index is 13.2. The smallest absolute Gasteiger partial charge is 0.336 e. The van der Waals surface area contributed by atoms with Crippen LogP contribution in [-0.2, 0) is 14.3 Å². The first-order valence-corrected chi connectivity index (χ1v) is 9.26. The normalized spacial score (nSPS) is 21.1. The van der Waals surface area contributed by atoms with Crippen LogP contribution in [0.15, 0.2) is 40.7 Å². The molecule has 1 heterocycles. The van der Waals surface area contributed by atoms with E-state index in [2.05, 4.69) is 19.2 Å². The van der Waals surface area contributed by atoms with Crippen molar-refractivity contribution in [2.45, 2.75) is 39.5 Å². The number of esters is 1. The lowest BCUT2D eigenvalue weighted by Gasteiger charge is -2.39. The average Bonchev–Trinajstić information content (AvgIpc) is 2.64. The van der Waals surface area contributed by atoms with Gasteiger partial charge in [0.05, 0.1) is 26.9 Å². The van der Waals surface area contributed by atoms with Gasteiger partial charge in [-0.1, -0.05) is 13.8 Å². The molecule has 1 aliphatic carbocycles. The lowest BCUT2D eigenvalue weighted by Crippen LogP contribution is -2.38. The molecule has 2 aliphatic rings. The van der Waals surface area contributed by atoms with E-state index in [1.165, 1.54) is 7.11 Å². The van der Waals surface area contributed by atoms with E-state index < -0.39 is 11.9 Å². The Morgan fingerprint density at radius 1 is 1.07 bits per heavy atom. The zero-order valence-electron chi connectivity index (χ0n) is 17.3. The van der Waals surface area contributed by atoms with Crippen molar-refractivity contribution in [3.63, 3.8) is 0 Å². The van der Waals surface area contributed by atoms with Crippen LogP contribution in [0.2, 0.25) is 0 Å². The van der Waals surface area contributed by atoms with E-state index in [0.717, 1.165) is 17.7 Å². The highest BCUT2D eigenvalue weighted by Gasteiger charge is 2.43. The summed E-state index contributed by atoms with van der Waals surface area (Å²) in [6.45, 7) is 6.00. The number of Topliss-reactive ketones (excluding diaryl/α,β-unsaturated/α-hetero) is 1. The summed E-state index contributed by atoms with van der Waals surface area (Å²) in [7, 11) is 4.49. The van der Waals surface area contributed by atoms with E-state index in [-0.39, 0.29) is 11.2 Å². The number of carbonyl (C=O) groups excluding carboxylic acids is 2. The monoisotopic (exact) mass is 385 g/mol. The minimum atomic E-state index is -0.531. The van der Waals surface area contributed by atoms with E-state index in [9.17, 15) is 9.59 Å². The molecule has 1 N–H and O–H groups in total. The first kappa shape index (κ1) is 20.0. The van der Waals surface area contributed by atoms with Crippen molar-refractivity contribution in [2.75, 3.05) is 21.3 Å². The predicted molar refractivity (Wildman–Crippen MR) is 105 cm³/mol. The van der Waals surface area contributed by atoms with E-state index in [0.29, 0.717) is 34.8 Å². The first-order chi connectivity index (χ1) is 13.2. The minimum absolute atomic E-state index is 0.0411. The van der Waals surface area contributed by atoms with Crippen molar-refractivity contribution in [3.05, 3.63) is 46.3 Å². The molecule has 0 bridgehead atoms. The number of nitrogens with one attached hydrogen (secondary N) is 1. The van der Waals surface area contributed by atoms with E-state index in [4.69, 9.17) is 14.2 Å². The molecule has 1 aliphatic heterocycles. The van der Waals surface area contributed by atoms with Crippen LogP contribution in [-0.4, -0.2) is 33.1 Å². The fraction of sp³-hybridized carbons (Fsp3) is 0.455. The molecule has 0 fully saturated rings. The number of methoxy groups -OCH3 is 3. The largest absolute Gasteiger partial charge is 0.497 e. The summed E-state index contributed by atoms with van der Waals surface area (Å²) in [4.78, 5) is 25.8. The van der Waals surface area contributed by atoms with Crippen LogP contribution in [0, 0.1) is 5.41 Å². The van der Waals surface area contributed by atoms with Crippen LogP contribution in [0.1, 0.15) is 45.1 Å². The summed E-state index contributed by atoms with van der Waals surface area (Å²) in [5.41, 5.74) is 3.26. The highest BCUT2D eigenvalue weighted by atomic mass is 16.5. The van der Waals surface area contributed by atoms with E-state index in [1.54, 1.807) is 20.3 Å². The first-order valence-electron chi connectivity index (χ1n) is 9.26. The van der Waals surface area contributed by atoms with Crippen molar-refractivity contribution < 1.29 is 23.8 Å². The summed E-state index contributed by atoms with van der Waals surface area (Å²) < 4.78 is 15.9. The van der Waals surface area contributed by atoms with Crippen LogP contribution in [0.4, 0.5) is 0 Å². The number of allylic oxidation sites excluding steroid dienone is 3. The molecule has 28 heavy (non-hydrogen) atoms. The van der Waals surface area contributed by atoms with Gasteiger partial charge in [-0.05, 0) is 36.5 Å². The number of carbonyl (C=O) groups is 2. The highest BCUT2D eigenvalue weighted by molar-refractivity contribution is 6.04. The van der Waals surface area contributed by atoms with Gasteiger partial charge in [-0.25, -0.2) is 4.79 Å². The second kappa shape index (κ2) is 7.34. The summed E-state index contributed by atoms with van der Waals surface area (Å²) in [5.74, 6) is 0.248. The van der Waals surface area contributed by atoms with Crippen molar-refractivity contribution in [3.8, 4) is 11.5 Å². The molecule has 1 atom stereocenters. The molecule has 6 nitrogen and oxygen atoms in total. The summed E-state index contributed by atoms with van der Waals surface area (Å²) in [6.07, 6.45) is 1.16. The number of ether oxygens (including phenoxy) is 3. The number of dihydropyridines is 1. The fourth-order valence-corrected chi connectivity index (χ4v) is 4.15. The van der Waals surface area contributed by atoms with Crippen molar-refractivity contribution >= 4 is 11.8 Å². The maximum Gasteiger partial charge on any atom is 0.336 e. The van der Waals surface area contributed by atoms with Crippen LogP contribution in [0.3, 0.4) is 0 Å². The SMILES string of the molecule is COC(=O)C1=C(C)NC2=C(C(=O)CC(C)(C)C2)[C@@H]1c1cc(OC)cc(OC)c1. The molecule has 0 unspecified atom stereocenters. The average molecular weight is 385 g/mol. The third-order valence-electron chi connectivity index (χ3n) is 5.35. The van der Waals surface area contributed by atoms with Gasteiger partial charge in [0.2, 0.25) is 0 Å². The molecule has 0 saturated carbocycles. The lowest BCUT2D eigenvalue weighted by molar-refractivity contribution is -0.136. The van der Waals surface area contributed by atoms with Crippen molar-refractivity contribution in [2.24, 2.45) is 5.41 Å². The number of hydrogen-bond acceptors (Lipinski definition) is 6. The Labute approximate surface area is 165 Å². The number of hydrogen-bond donors (Lipinski definition) is 1. The molecule has 150 valence electrons. The molecule has 0 radical (unpaired) electrons. The Kier molecular flexibility index (Phi) is 5.24. The van der Waals surface area contributed by atoms with E-state index >= 15 is 0 Å². The maximum atomic E-state index is 13.2. The van der Waals surface area contributed by atoms with Gasteiger partial charge in [-0.15, -0.1) is 0 Å². The van der Waals surface area contributed by atoms with Gasteiger partial charge in [0, 0.05) is 35.4 Å². The predicted octanol–water partition coefficient (Wildman–Crippen LogP) is 3.48. The third-order valence-corrected chi connectivity index (χ3v) is 5.35. The molecule has 3 rings (SSSR count). The van der Waals surface area contributed by atoms with Gasteiger partial charge < -0.3 is 19.5 Å². The molecular formula is C22H27NO5. The quantitative estimate of drug-likeness (QED) is 0.800. The van der Waals surface area contributed by atoms with Gasteiger partial charge >= 0.3 is 5.97 Å². The Balaban J connectivity index is 2.25. The molecular weight excluding hydrogens is 358 g/mol. The molecule has 6 heteroatoms. The van der Waals surface area contributed by atoms with Gasteiger partial charge in [0.15, 0.2) is 5.78 Å².